The largest absolute Gasteiger partial charge is 0.334 e. The lowest BCUT2D eigenvalue weighted by atomic mass is 9.98. The number of hydrogen-bond donors (Lipinski definition) is 1. The van der Waals surface area contributed by atoms with E-state index in [1.165, 1.54) is 4.40 Å². The molecule has 0 saturated carbocycles. The van der Waals surface area contributed by atoms with E-state index in [1.807, 2.05) is 22.4 Å². The molecule has 0 spiro atoms. The van der Waals surface area contributed by atoms with Crippen LogP contribution in [-0.2, 0) is 11.2 Å². The molecule has 124 valence electrons. The summed E-state index contributed by atoms with van der Waals surface area (Å²) in [5.41, 5.74) is 0.658. The van der Waals surface area contributed by atoms with Crippen molar-refractivity contribution in [2.45, 2.75) is 31.7 Å². The van der Waals surface area contributed by atoms with Gasteiger partial charge in [0.2, 0.25) is 11.7 Å². The highest BCUT2D eigenvalue weighted by molar-refractivity contribution is 7.10. The number of amides is 1. The Morgan fingerprint density at radius 2 is 2.33 bits per heavy atom. The van der Waals surface area contributed by atoms with Gasteiger partial charge in [0.1, 0.15) is 0 Å². The van der Waals surface area contributed by atoms with E-state index >= 15 is 0 Å². The Kier molecular flexibility index (Phi) is 3.93. The van der Waals surface area contributed by atoms with Gasteiger partial charge in [-0.2, -0.15) is 0 Å². The number of likely N-dealkylation sites (tertiary alicyclic amines) is 1. The zero-order valence-corrected chi connectivity index (χ0v) is 14.0. The number of nitrogens with zero attached hydrogens (tertiary/aromatic N) is 3. The third kappa shape index (κ3) is 2.75. The maximum absolute atomic E-state index is 12.8. The first-order chi connectivity index (χ1) is 11.7. The number of H-pyrrole nitrogens is 1. The molecule has 1 N–H and O–H groups in total. The smallest absolute Gasteiger partial charge is 0.259 e. The quantitative estimate of drug-likeness (QED) is 0.794. The predicted molar refractivity (Wildman–Crippen MR) is 92.1 cm³/mol. The fraction of sp³-hybridized carbons (Fsp3) is 0.353. The van der Waals surface area contributed by atoms with E-state index in [-0.39, 0.29) is 17.5 Å². The van der Waals surface area contributed by atoms with Crippen LogP contribution in [0, 0.1) is 0 Å². The minimum Gasteiger partial charge on any atom is -0.334 e. The van der Waals surface area contributed by atoms with Crippen molar-refractivity contribution in [1.82, 2.24) is 19.3 Å². The second kappa shape index (κ2) is 6.24. The Morgan fingerprint density at radius 3 is 3.17 bits per heavy atom. The van der Waals surface area contributed by atoms with Gasteiger partial charge in [0.15, 0.2) is 0 Å². The molecular formula is C17H18N4O2S. The molecule has 0 aliphatic carbocycles. The summed E-state index contributed by atoms with van der Waals surface area (Å²) >= 11 is 1.60. The fourth-order valence-electron chi connectivity index (χ4n) is 3.34. The molecule has 3 aromatic heterocycles. The average Bonchev–Trinajstić information content (AvgIpc) is 3.26. The van der Waals surface area contributed by atoms with Crippen LogP contribution in [0.15, 0.2) is 40.8 Å². The van der Waals surface area contributed by atoms with Gasteiger partial charge in [-0.1, -0.05) is 6.07 Å². The lowest BCUT2D eigenvalue weighted by Crippen LogP contribution is -2.40. The zero-order chi connectivity index (χ0) is 16.5. The third-order valence-electron chi connectivity index (χ3n) is 4.50. The van der Waals surface area contributed by atoms with Gasteiger partial charge < -0.3 is 9.88 Å². The molecule has 4 rings (SSSR count). The van der Waals surface area contributed by atoms with Gasteiger partial charge in [-0.25, -0.2) is 4.98 Å². The van der Waals surface area contributed by atoms with E-state index in [0.29, 0.717) is 12.2 Å². The summed E-state index contributed by atoms with van der Waals surface area (Å²) < 4.78 is 1.48. The fourth-order valence-corrected chi connectivity index (χ4v) is 4.03. The standard InChI is InChI=1S/C17H18N4O2S/c22-15(10-12-4-3-9-24-12)20-7-2-1-5-14(20)13-11-16(23)21-8-6-18-17(21)19-13/h3-4,6,8-9,11,14H,1-2,5,7,10H2,(H,18,19)/t14-/m1/s1. The van der Waals surface area contributed by atoms with Crippen LogP contribution in [0.2, 0.25) is 0 Å². The van der Waals surface area contributed by atoms with Crippen LogP contribution in [0.25, 0.3) is 5.78 Å². The Balaban J connectivity index is 1.65. The Hall–Kier alpha value is -2.41. The first-order valence-electron chi connectivity index (χ1n) is 8.10. The highest BCUT2D eigenvalue weighted by Crippen LogP contribution is 2.30. The Morgan fingerprint density at radius 1 is 1.42 bits per heavy atom. The molecule has 6 nitrogen and oxygen atoms in total. The van der Waals surface area contributed by atoms with Crippen LogP contribution in [0.5, 0.6) is 0 Å². The number of hydrogen-bond acceptors (Lipinski definition) is 4. The summed E-state index contributed by atoms with van der Waals surface area (Å²) in [5, 5.41) is 1.99. The number of carbonyl (C=O) groups excluding carboxylic acids is 1. The third-order valence-corrected chi connectivity index (χ3v) is 5.38. The molecule has 1 aliphatic heterocycles. The molecule has 1 amide bonds. The summed E-state index contributed by atoms with van der Waals surface area (Å²) in [7, 11) is 0. The van der Waals surface area contributed by atoms with Crippen LogP contribution in [0.1, 0.15) is 35.9 Å². The predicted octanol–water partition coefficient (Wildman–Crippen LogP) is 2.38. The zero-order valence-electron chi connectivity index (χ0n) is 13.1. The maximum atomic E-state index is 12.8. The number of piperidine rings is 1. The van der Waals surface area contributed by atoms with Crippen molar-refractivity contribution < 1.29 is 4.79 Å². The molecule has 7 heteroatoms. The number of thiophene rings is 1. The lowest BCUT2D eigenvalue weighted by molar-refractivity contribution is -0.134. The molecule has 3 aromatic rings. The van der Waals surface area contributed by atoms with E-state index in [2.05, 4.69) is 9.97 Å². The van der Waals surface area contributed by atoms with Gasteiger partial charge in [0, 0.05) is 35.6 Å². The van der Waals surface area contributed by atoms with Crippen molar-refractivity contribution in [3.05, 3.63) is 56.9 Å². The van der Waals surface area contributed by atoms with Crippen molar-refractivity contribution in [2.75, 3.05) is 6.54 Å². The first kappa shape index (κ1) is 15.1. The van der Waals surface area contributed by atoms with Crippen molar-refractivity contribution >= 4 is 23.0 Å². The minimum absolute atomic E-state index is 0.0828. The molecule has 4 heterocycles. The molecule has 1 saturated heterocycles. The van der Waals surface area contributed by atoms with Crippen LogP contribution >= 0.6 is 11.3 Å². The molecule has 1 aliphatic rings. The van der Waals surface area contributed by atoms with Crippen molar-refractivity contribution in [3.63, 3.8) is 0 Å². The van der Waals surface area contributed by atoms with E-state index in [9.17, 15) is 9.59 Å². The normalized spacial score (nSPS) is 18.2. The van der Waals surface area contributed by atoms with Crippen LogP contribution < -0.4 is 5.56 Å². The highest BCUT2D eigenvalue weighted by atomic mass is 32.1. The Labute approximate surface area is 142 Å². The molecule has 1 atom stereocenters. The maximum Gasteiger partial charge on any atom is 0.259 e. The summed E-state index contributed by atoms with van der Waals surface area (Å²) in [5.74, 6) is 0.639. The van der Waals surface area contributed by atoms with Crippen molar-refractivity contribution in [2.24, 2.45) is 0 Å². The van der Waals surface area contributed by atoms with Crippen LogP contribution in [0.4, 0.5) is 0 Å². The first-order valence-corrected chi connectivity index (χ1v) is 8.98. The van der Waals surface area contributed by atoms with Gasteiger partial charge in [-0.3, -0.25) is 14.0 Å². The summed E-state index contributed by atoms with van der Waals surface area (Å²) in [6.45, 7) is 0.733. The van der Waals surface area contributed by atoms with Crippen molar-refractivity contribution in [1.29, 1.82) is 0 Å². The SMILES string of the molecule is O=C(Cc1cccs1)N1CCCC[C@@H]1c1cc(=O)n2ccnc2[nH]1. The molecule has 0 bridgehead atoms. The number of nitrogens with one attached hydrogen (secondary N) is 1. The van der Waals surface area contributed by atoms with Gasteiger partial charge in [0.05, 0.1) is 12.5 Å². The Bertz CT molecular complexity index is 912. The lowest BCUT2D eigenvalue weighted by Gasteiger charge is -2.35. The number of fused-ring (bicyclic) bond motifs is 1. The van der Waals surface area contributed by atoms with E-state index < -0.39 is 0 Å². The van der Waals surface area contributed by atoms with E-state index in [0.717, 1.165) is 36.4 Å². The molecule has 1 fully saturated rings. The topological polar surface area (TPSA) is 70.5 Å². The molecule has 0 unspecified atom stereocenters. The number of carbonyl (C=O) groups is 1. The van der Waals surface area contributed by atoms with Crippen LogP contribution in [-0.4, -0.2) is 31.7 Å². The van der Waals surface area contributed by atoms with Gasteiger partial charge in [-0.05, 0) is 30.7 Å². The van der Waals surface area contributed by atoms with E-state index in [4.69, 9.17) is 0 Å². The monoisotopic (exact) mass is 342 g/mol. The van der Waals surface area contributed by atoms with E-state index in [1.54, 1.807) is 29.8 Å². The second-order valence-corrected chi connectivity index (χ2v) is 7.07. The number of rotatable bonds is 3. The van der Waals surface area contributed by atoms with Crippen LogP contribution in [0.3, 0.4) is 0 Å². The molecule has 0 radical (unpaired) electrons. The molecular weight excluding hydrogens is 324 g/mol. The van der Waals surface area contributed by atoms with Crippen molar-refractivity contribution in [3.8, 4) is 0 Å². The summed E-state index contributed by atoms with van der Waals surface area (Å²) in [6.07, 6.45) is 6.57. The van der Waals surface area contributed by atoms with Gasteiger partial charge in [0.25, 0.3) is 5.56 Å². The average molecular weight is 342 g/mol. The number of imidazole rings is 1. The summed E-state index contributed by atoms with van der Waals surface area (Å²) in [6, 6.07) is 5.46. The summed E-state index contributed by atoms with van der Waals surface area (Å²) in [4.78, 5) is 35.4. The number of aromatic amines is 1. The van der Waals surface area contributed by atoms with Gasteiger partial charge >= 0.3 is 0 Å². The minimum atomic E-state index is -0.118. The van der Waals surface area contributed by atoms with Gasteiger partial charge in [-0.15, -0.1) is 11.3 Å². The molecule has 0 aromatic carbocycles. The second-order valence-electron chi connectivity index (χ2n) is 6.04. The number of aromatic nitrogens is 3. The highest BCUT2D eigenvalue weighted by Gasteiger charge is 2.29. The molecule has 24 heavy (non-hydrogen) atoms.